The molecule has 0 aliphatic heterocycles. The Morgan fingerprint density at radius 1 is 1.58 bits per heavy atom. The quantitative estimate of drug-likeness (QED) is 0.713. The maximum absolute atomic E-state index is 12.7. The largest absolute Gasteiger partial charge is 0.465 e. The van der Waals surface area contributed by atoms with Gasteiger partial charge in [0.05, 0.1) is 5.02 Å². The van der Waals surface area contributed by atoms with Gasteiger partial charge in [0.25, 0.3) is 0 Å². The van der Waals surface area contributed by atoms with Crippen LogP contribution in [0.4, 0.5) is 14.9 Å². The highest BCUT2D eigenvalue weighted by Gasteiger charge is 2.02. The Morgan fingerprint density at radius 3 is 2.75 bits per heavy atom. The summed E-state index contributed by atoms with van der Waals surface area (Å²) >= 11 is 5.37. The second-order valence-corrected chi connectivity index (χ2v) is 2.47. The van der Waals surface area contributed by atoms with Gasteiger partial charge in [-0.3, -0.25) is 5.32 Å². The van der Waals surface area contributed by atoms with E-state index in [2.05, 4.69) is 0 Å². The standard InChI is InChI=1S/C7H5ClFNO2/c8-5-2-1-4(3-6(5)9)10-7(11)12/h1-3,10H,(H,11,12). The number of benzene rings is 1. The topological polar surface area (TPSA) is 49.3 Å². The molecule has 0 saturated heterocycles. The molecule has 0 spiro atoms. The Kier molecular flexibility index (Phi) is 2.50. The third kappa shape index (κ3) is 2.10. The van der Waals surface area contributed by atoms with E-state index in [0.717, 1.165) is 6.07 Å². The van der Waals surface area contributed by atoms with Gasteiger partial charge in [0.15, 0.2) is 0 Å². The van der Waals surface area contributed by atoms with Crippen LogP contribution < -0.4 is 5.32 Å². The zero-order valence-electron chi connectivity index (χ0n) is 5.84. The van der Waals surface area contributed by atoms with E-state index >= 15 is 0 Å². The van der Waals surface area contributed by atoms with Crippen LogP contribution in [0.5, 0.6) is 0 Å². The predicted octanol–water partition coefficient (Wildman–Crippen LogP) is 2.57. The normalized spacial score (nSPS) is 9.50. The second kappa shape index (κ2) is 3.40. The van der Waals surface area contributed by atoms with E-state index in [0.29, 0.717) is 0 Å². The maximum Gasteiger partial charge on any atom is 0.409 e. The molecule has 0 saturated carbocycles. The van der Waals surface area contributed by atoms with Crippen LogP contribution in [-0.4, -0.2) is 11.2 Å². The molecular weight excluding hydrogens is 185 g/mol. The van der Waals surface area contributed by atoms with Gasteiger partial charge < -0.3 is 5.11 Å². The molecule has 0 fully saturated rings. The first-order valence-corrected chi connectivity index (χ1v) is 3.42. The fourth-order valence-electron chi connectivity index (χ4n) is 0.697. The van der Waals surface area contributed by atoms with Gasteiger partial charge >= 0.3 is 6.09 Å². The molecule has 1 rings (SSSR count). The smallest absolute Gasteiger partial charge is 0.409 e. The lowest BCUT2D eigenvalue weighted by molar-refractivity contribution is 0.210. The molecule has 5 heteroatoms. The summed E-state index contributed by atoms with van der Waals surface area (Å²) in [4.78, 5) is 10.1. The molecule has 0 heterocycles. The molecule has 64 valence electrons. The van der Waals surface area contributed by atoms with Gasteiger partial charge in [-0.1, -0.05) is 11.6 Å². The first-order chi connectivity index (χ1) is 5.59. The van der Waals surface area contributed by atoms with E-state index < -0.39 is 11.9 Å². The number of amides is 1. The number of carbonyl (C=O) groups is 1. The summed E-state index contributed by atoms with van der Waals surface area (Å²) < 4.78 is 12.7. The Morgan fingerprint density at radius 2 is 2.25 bits per heavy atom. The molecule has 0 radical (unpaired) electrons. The molecule has 0 unspecified atom stereocenters. The van der Waals surface area contributed by atoms with E-state index in [1.54, 1.807) is 0 Å². The van der Waals surface area contributed by atoms with Crippen molar-refractivity contribution in [1.29, 1.82) is 0 Å². The summed E-state index contributed by atoms with van der Waals surface area (Å²) in [6.07, 6.45) is -1.24. The number of hydrogen-bond donors (Lipinski definition) is 2. The average Bonchev–Trinajstić information content (AvgIpc) is 1.96. The van der Waals surface area contributed by atoms with Crippen LogP contribution in [-0.2, 0) is 0 Å². The Balaban J connectivity index is 2.89. The zero-order valence-corrected chi connectivity index (χ0v) is 6.60. The Hall–Kier alpha value is -1.29. The van der Waals surface area contributed by atoms with Crippen molar-refractivity contribution in [2.45, 2.75) is 0 Å². The lowest BCUT2D eigenvalue weighted by atomic mass is 10.3. The number of nitrogens with one attached hydrogen (secondary N) is 1. The van der Waals surface area contributed by atoms with Crippen molar-refractivity contribution in [3.8, 4) is 0 Å². The number of anilines is 1. The fourth-order valence-corrected chi connectivity index (χ4v) is 0.815. The molecule has 0 aromatic heterocycles. The van der Waals surface area contributed by atoms with Crippen molar-refractivity contribution < 1.29 is 14.3 Å². The van der Waals surface area contributed by atoms with E-state index in [-0.39, 0.29) is 10.7 Å². The van der Waals surface area contributed by atoms with Crippen LogP contribution in [0.1, 0.15) is 0 Å². The average molecular weight is 190 g/mol. The van der Waals surface area contributed by atoms with Crippen LogP contribution in [0.3, 0.4) is 0 Å². The third-order valence-electron chi connectivity index (χ3n) is 1.17. The molecule has 2 N–H and O–H groups in total. The van der Waals surface area contributed by atoms with Crippen LogP contribution in [0.15, 0.2) is 18.2 Å². The highest BCUT2D eigenvalue weighted by molar-refractivity contribution is 6.30. The van der Waals surface area contributed by atoms with E-state index in [1.165, 1.54) is 12.1 Å². The van der Waals surface area contributed by atoms with Crippen molar-refractivity contribution in [2.75, 3.05) is 5.32 Å². The molecule has 0 atom stereocenters. The fraction of sp³-hybridized carbons (Fsp3) is 0. The highest BCUT2D eigenvalue weighted by atomic mass is 35.5. The minimum Gasteiger partial charge on any atom is -0.465 e. The second-order valence-electron chi connectivity index (χ2n) is 2.06. The van der Waals surface area contributed by atoms with Gasteiger partial charge in [-0.15, -0.1) is 0 Å². The SMILES string of the molecule is O=C(O)Nc1ccc(Cl)c(F)c1. The summed E-state index contributed by atoms with van der Waals surface area (Å²) in [5.41, 5.74) is 0.157. The molecule has 0 aliphatic rings. The summed E-state index contributed by atoms with van der Waals surface area (Å²) in [7, 11) is 0. The lowest BCUT2D eigenvalue weighted by Gasteiger charge is -2.00. The summed E-state index contributed by atoms with van der Waals surface area (Å²) in [5.74, 6) is -0.650. The van der Waals surface area contributed by atoms with Crippen LogP contribution in [0.2, 0.25) is 5.02 Å². The summed E-state index contributed by atoms with van der Waals surface area (Å²) in [6.45, 7) is 0. The predicted molar refractivity (Wildman–Crippen MR) is 43.1 cm³/mol. The van der Waals surface area contributed by atoms with Gasteiger partial charge in [0.2, 0.25) is 0 Å². The molecule has 1 aromatic carbocycles. The van der Waals surface area contributed by atoms with E-state index in [1.807, 2.05) is 5.32 Å². The van der Waals surface area contributed by atoms with Crippen molar-refractivity contribution in [3.05, 3.63) is 29.0 Å². The first kappa shape index (κ1) is 8.80. The number of carboxylic acid groups (broad SMARTS) is 1. The first-order valence-electron chi connectivity index (χ1n) is 3.04. The number of rotatable bonds is 1. The van der Waals surface area contributed by atoms with E-state index in [9.17, 15) is 9.18 Å². The summed E-state index contributed by atoms with van der Waals surface area (Å²) in [5, 5.41) is 10.2. The molecule has 1 amide bonds. The van der Waals surface area contributed by atoms with Gasteiger partial charge in [-0.05, 0) is 18.2 Å². The van der Waals surface area contributed by atoms with Crippen molar-refractivity contribution in [1.82, 2.24) is 0 Å². The van der Waals surface area contributed by atoms with Gasteiger partial charge in [0.1, 0.15) is 5.82 Å². The number of halogens is 2. The maximum atomic E-state index is 12.7. The van der Waals surface area contributed by atoms with E-state index in [4.69, 9.17) is 16.7 Å². The van der Waals surface area contributed by atoms with Gasteiger partial charge in [-0.2, -0.15) is 0 Å². The van der Waals surface area contributed by atoms with Crippen LogP contribution in [0, 0.1) is 5.82 Å². The lowest BCUT2D eigenvalue weighted by Crippen LogP contribution is -2.07. The summed E-state index contributed by atoms with van der Waals surface area (Å²) in [6, 6.07) is 3.66. The molecule has 3 nitrogen and oxygen atoms in total. The van der Waals surface area contributed by atoms with Crippen molar-refractivity contribution in [2.24, 2.45) is 0 Å². The van der Waals surface area contributed by atoms with Crippen molar-refractivity contribution in [3.63, 3.8) is 0 Å². The molecule has 0 aliphatic carbocycles. The third-order valence-corrected chi connectivity index (χ3v) is 1.48. The zero-order chi connectivity index (χ0) is 9.14. The minimum atomic E-state index is -1.24. The van der Waals surface area contributed by atoms with Crippen LogP contribution >= 0.6 is 11.6 Å². The number of hydrogen-bond acceptors (Lipinski definition) is 1. The Labute approximate surface area is 72.8 Å². The molecule has 12 heavy (non-hydrogen) atoms. The van der Waals surface area contributed by atoms with Crippen LogP contribution in [0.25, 0.3) is 0 Å². The molecule has 1 aromatic rings. The minimum absolute atomic E-state index is 0.0362. The molecule has 0 bridgehead atoms. The molecular formula is C7H5ClFNO2. The Bertz CT molecular complexity index is 316. The highest BCUT2D eigenvalue weighted by Crippen LogP contribution is 2.18. The van der Waals surface area contributed by atoms with Gasteiger partial charge in [-0.25, -0.2) is 9.18 Å². The van der Waals surface area contributed by atoms with Crippen molar-refractivity contribution >= 4 is 23.4 Å². The van der Waals surface area contributed by atoms with Gasteiger partial charge in [0, 0.05) is 5.69 Å². The monoisotopic (exact) mass is 189 g/mol.